The monoisotopic (exact) mass is 272 g/mol. The van der Waals surface area contributed by atoms with E-state index in [-0.39, 0.29) is 10.2 Å². The van der Waals surface area contributed by atoms with Gasteiger partial charge in [-0.2, -0.15) is 5.26 Å². The maximum atomic E-state index is 13.2. The normalized spacial score (nSPS) is 11.9. The molecule has 0 aliphatic carbocycles. The van der Waals surface area contributed by atoms with Gasteiger partial charge >= 0.3 is 0 Å². The van der Waals surface area contributed by atoms with E-state index in [0.29, 0.717) is 12.1 Å². The molecule has 0 saturated heterocycles. The maximum Gasteiger partial charge on any atom is 0.184 e. The minimum atomic E-state index is -0.604. The fourth-order valence-corrected chi connectivity index (χ4v) is 1.36. The summed E-state index contributed by atoms with van der Waals surface area (Å²) < 4.78 is 18.7. The Kier molecular flexibility index (Phi) is 3.92. The molecule has 0 fully saturated rings. The first kappa shape index (κ1) is 11.8. The molecule has 3 nitrogen and oxygen atoms in total. The van der Waals surface area contributed by atoms with Crippen LogP contribution >= 0.6 is 15.9 Å². The first-order valence-corrected chi connectivity index (χ1v) is 5.18. The van der Waals surface area contributed by atoms with Crippen LogP contribution in [-0.4, -0.2) is 6.10 Å². The van der Waals surface area contributed by atoms with E-state index in [1.165, 1.54) is 12.1 Å². The van der Waals surface area contributed by atoms with Crippen LogP contribution < -0.4 is 10.5 Å². The molecule has 1 unspecified atom stereocenters. The second-order valence-corrected chi connectivity index (χ2v) is 3.80. The Morgan fingerprint density at radius 3 is 2.87 bits per heavy atom. The zero-order valence-corrected chi connectivity index (χ0v) is 9.71. The molecule has 2 N–H and O–H groups in total. The predicted molar refractivity (Wildman–Crippen MR) is 58.8 cm³/mol. The number of nitriles is 1. The Morgan fingerprint density at radius 2 is 2.33 bits per heavy atom. The minimum Gasteiger partial charge on any atom is -0.473 e. The summed E-state index contributed by atoms with van der Waals surface area (Å²) in [6.45, 7) is 1.80. The maximum absolute atomic E-state index is 13.2. The Morgan fingerprint density at radius 1 is 1.67 bits per heavy atom. The molecule has 0 heterocycles. The zero-order valence-electron chi connectivity index (χ0n) is 8.13. The molecule has 80 valence electrons. The van der Waals surface area contributed by atoms with Gasteiger partial charge in [-0.1, -0.05) is 6.92 Å². The van der Waals surface area contributed by atoms with Gasteiger partial charge in [0.2, 0.25) is 0 Å². The molecule has 0 aromatic heterocycles. The van der Waals surface area contributed by atoms with E-state index in [9.17, 15) is 4.39 Å². The summed E-state index contributed by atoms with van der Waals surface area (Å²) in [6, 6.07) is 4.53. The SMILES string of the molecule is CCC(C#N)Oc1cc(F)c(Br)cc1N. The van der Waals surface area contributed by atoms with Crippen molar-refractivity contribution < 1.29 is 9.13 Å². The Balaban J connectivity index is 2.96. The van der Waals surface area contributed by atoms with E-state index >= 15 is 0 Å². The highest BCUT2D eigenvalue weighted by atomic mass is 79.9. The van der Waals surface area contributed by atoms with E-state index in [4.69, 9.17) is 15.7 Å². The Bertz CT molecular complexity index is 403. The van der Waals surface area contributed by atoms with Crippen LogP contribution in [0.25, 0.3) is 0 Å². The quantitative estimate of drug-likeness (QED) is 0.861. The van der Waals surface area contributed by atoms with Crippen molar-refractivity contribution in [3.63, 3.8) is 0 Å². The van der Waals surface area contributed by atoms with Gasteiger partial charge in [0, 0.05) is 6.07 Å². The fraction of sp³-hybridized carbons (Fsp3) is 0.300. The molecule has 1 aromatic rings. The van der Waals surface area contributed by atoms with Crippen LogP contribution in [0, 0.1) is 17.1 Å². The molecule has 0 radical (unpaired) electrons. The van der Waals surface area contributed by atoms with E-state index in [2.05, 4.69) is 15.9 Å². The topological polar surface area (TPSA) is 59.0 Å². The van der Waals surface area contributed by atoms with E-state index in [1.54, 1.807) is 6.92 Å². The van der Waals surface area contributed by atoms with Crippen LogP contribution in [0.5, 0.6) is 5.75 Å². The number of hydrogen-bond donors (Lipinski definition) is 1. The summed E-state index contributed by atoms with van der Waals surface area (Å²) in [7, 11) is 0. The van der Waals surface area contributed by atoms with Gasteiger partial charge in [0.25, 0.3) is 0 Å². The lowest BCUT2D eigenvalue weighted by Crippen LogP contribution is -2.13. The minimum absolute atomic E-state index is 0.198. The lowest BCUT2D eigenvalue weighted by Gasteiger charge is -2.12. The van der Waals surface area contributed by atoms with Crippen molar-refractivity contribution in [1.82, 2.24) is 0 Å². The van der Waals surface area contributed by atoms with Crippen molar-refractivity contribution in [3.8, 4) is 11.8 Å². The van der Waals surface area contributed by atoms with Crippen molar-refractivity contribution >= 4 is 21.6 Å². The fourth-order valence-electron chi connectivity index (χ4n) is 1.00. The molecular weight excluding hydrogens is 263 g/mol. The summed E-state index contributed by atoms with van der Waals surface area (Å²) in [6.07, 6.45) is -0.0824. The van der Waals surface area contributed by atoms with Gasteiger partial charge in [-0.3, -0.25) is 0 Å². The molecule has 5 heteroatoms. The summed E-state index contributed by atoms with van der Waals surface area (Å²) in [5, 5.41) is 8.68. The molecule has 0 aliphatic rings. The number of rotatable bonds is 3. The smallest absolute Gasteiger partial charge is 0.184 e. The standard InChI is InChI=1S/C10H10BrFN2O/c1-2-6(5-13)15-10-4-8(12)7(11)3-9(10)14/h3-4,6H,2,14H2,1H3. The average Bonchev–Trinajstić information content (AvgIpc) is 2.21. The van der Waals surface area contributed by atoms with Crippen molar-refractivity contribution in [1.29, 1.82) is 5.26 Å². The van der Waals surface area contributed by atoms with Crippen LogP contribution in [0.2, 0.25) is 0 Å². The number of halogens is 2. The second kappa shape index (κ2) is 4.99. The summed E-state index contributed by atoms with van der Waals surface area (Å²) in [5.74, 6) is -0.268. The highest BCUT2D eigenvalue weighted by Crippen LogP contribution is 2.29. The van der Waals surface area contributed by atoms with Gasteiger partial charge in [0.1, 0.15) is 17.6 Å². The third-order valence-corrected chi connectivity index (χ3v) is 2.44. The highest BCUT2D eigenvalue weighted by Gasteiger charge is 2.11. The second-order valence-electron chi connectivity index (χ2n) is 2.95. The number of nitrogen functional groups attached to an aromatic ring is 1. The number of ether oxygens (including phenoxy) is 1. The van der Waals surface area contributed by atoms with Crippen molar-refractivity contribution in [2.45, 2.75) is 19.4 Å². The first-order valence-electron chi connectivity index (χ1n) is 4.39. The highest BCUT2D eigenvalue weighted by molar-refractivity contribution is 9.10. The van der Waals surface area contributed by atoms with Gasteiger partial charge in [-0.25, -0.2) is 4.39 Å². The molecule has 1 aromatic carbocycles. The zero-order chi connectivity index (χ0) is 11.4. The summed E-state index contributed by atoms with van der Waals surface area (Å²) in [5.41, 5.74) is 5.92. The Hall–Kier alpha value is -1.28. The molecular formula is C10H10BrFN2O. The summed E-state index contributed by atoms with van der Waals surface area (Å²) in [4.78, 5) is 0. The molecule has 0 spiro atoms. The van der Waals surface area contributed by atoms with Crippen LogP contribution in [0.1, 0.15) is 13.3 Å². The largest absolute Gasteiger partial charge is 0.473 e. The van der Waals surface area contributed by atoms with Gasteiger partial charge < -0.3 is 10.5 Å². The van der Waals surface area contributed by atoms with Gasteiger partial charge in [-0.15, -0.1) is 0 Å². The predicted octanol–water partition coefficient (Wildman–Crippen LogP) is 2.85. The van der Waals surface area contributed by atoms with Crippen molar-refractivity contribution in [3.05, 3.63) is 22.4 Å². The van der Waals surface area contributed by atoms with Gasteiger partial charge in [0.05, 0.1) is 10.2 Å². The summed E-state index contributed by atoms with van der Waals surface area (Å²) >= 11 is 3.00. The third-order valence-electron chi connectivity index (χ3n) is 1.84. The van der Waals surface area contributed by atoms with E-state index < -0.39 is 11.9 Å². The van der Waals surface area contributed by atoms with E-state index in [0.717, 1.165) is 0 Å². The number of benzene rings is 1. The van der Waals surface area contributed by atoms with Crippen LogP contribution in [0.15, 0.2) is 16.6 Å². The third kappa shape index (κ3) is 2.83. The van der Waals surface area contributed by atoms with Crippen LogP contribution in [0.3, 0.4) is 0 Å². The molecule has 0 amide bonds. The van der Waals surface area contributed by atoms with Crippen LogP contribution in [-0.2, 0) is 0 Å². The molecule has 15 heavy (non-hydrogen) atoms. The number of anilines is 1. The van der Waals surface area contributed by atoms with Crippen molar-refractivity contribution in [2.24, 2.45) is 0 Å². The number of nitrogens with two attached hydrogens (primary N) is 1. The first-order chi connectivity index (χ1) is 7.08. The average molecular weight is 273 g/mol. The molecule has 1 atom stereocenters. The molecule has 0 aliphatic heterocycles. The number of nitrogens with zero attached hydrogens (tertiary/aromatic N) is 1. The lowest BCUT2D eigenvalue weighted by atomic mass is 10.2. The molecule has 0 bridgehead atoms. The lowest BCUT2D eigenvalue weighted by molar-refractivity contribution is 0.252. The van der Waals surface area contributed by atoms with Gasteiger partial charge in [-0.05, 0) is 28.4 Å². The Labute approximate surface area is 95.8 Å². The van der Waals surface area contributed by atoms with Crippen LogP contribution in [0.4, 0.5) is 10.1 Å². The van der Waals surface area contributed by atoms with Gasteiger partial charge in [0.15, 0.2) is 6.10 Å². The molecule has 1 rings (SSSR count). The van der Waals surface area contributed by atoms with E-state index in [1.807, 2.05) is 6.07 Å². The van der Waals surface area contributed by atoms with Crippen molar-refractivity contribution in [2.75, 3.05) is 5.73 Å². The molecule has 0 saturated carbocycles. The number of hydrogen-bond acceptors (Lipinski definition) is 3.